The van der Waals surface area contributed by atoms with E-state index >= 15 is 4.39 Å². The molecule has 0 saturated carbocycles. The van der Waals surface area contributed by atoms with Crippen LogP contribution in [0.25, 0.3) is 0 Å². The molecule has 3 aromatic rings. The van der Waals surface area contributed by atoms with Crippen molar-refractivity contribution in [2.75, 3.05) is 5.73 Å². The van der Waals surface area contributed by atoms with Crippen molar-refractivity contribution in [2.24, 2.45) is 0 Å². The van der Waals surface area contributed by atoms with Crippen molar-refractivity contribution in [1.82, 2.24) is 4.72 Å². The summed E-state index contributed by atoms with van der Waals surface area (Å²) in [7, 11) is -1.37. The van der Waals surface area contributed by atoms with Crippen molar-refractivity contribution >= 4 is 28.3 Å². The summed E-state index contributed by atoms with van der Waals surface area (Å²) < 4.78 is 42.4. The molecule has 3 N–H and O–H groups in total. The van der Waals surface area contributed by atoms with Crippen molar-refractivity contribution in [3.05, 3.63) is 82.6 Å². The molecular formula is C26H30ClFN2O3S. The van der Waals surface area contributed by atoms with Crippen molar-refractivity contribution in [3.63, 3.8) is 0 Å². The largest absolute Gasteiger partial charge is 0.487 e. The van der Waals surface area contributed by atoms with Crippen LogP contribution >= 0.6 is 11.6 Å². The normalized spacial score (nSPS) is 13.4. The Balaban J connectivity index is 1.84. The molecule has 0 bridgehead atoms. The van der Waals surface area contributed by atoms with E-state index in [2.05, 4.69) is 4.72 Å². The fraction of sp³-hybridized carbons (Fsp3) is 0.308. The van der Waals surface area contributed by atoms with Gasteiger partial charge in [-0.1, -0.05) is 54.9 Å². The highest BCUT2D eigenvalue weighted by atomic mass is 35.5. The van der Waals surface area contributed by atoms with Crippen LogP contribution in [0.4, 0.5) is 10.1 Å². The van der Waals surface area contributed by atoms with Crippen LogP contribution in [0.15, 0.2) is 60.7 Å². The third kappa shape index (κ3) is 6.50. The minimum Gasteiger partial charge on any atom is -0.487 e. The fourth-order valence-electron chi connectivity index (χ4n) is 3.14. The second-order valence-corrected chi connectivity index (χ2v) is 11.2. The quantitative estimate of drug-likeness (QED) is 0.310. The van der Waals surface area contributed by atoms with Gasteiger partial charge in [-0.25, -0.2) is 13.3 Å². The number of benzene rings is 3. The molecule has 34 heavy (non-hydrogen) atoms. The van der Waals surface area contributed by atoms with Gasteiger partial charge in [0.15, 0.2) is 11.6 Å². The predicted molar refractivity (Wildman–Crippen MR) is 137 cm³/mol. The molecule has 0 spiro atoms. The second-order valence-electron chi connectivity index (χ2n) is 8.82. The van der Waals surface area contributed by atoms with E-state index in [0.717, 1.165) is 5.56 Å². The number of nitrogens with two attached hydrogens (primary N) is 1. The number of halogens is 2. The van der Waals surface area contributed by atoms with E-state index in [-0.39, 0.29) is 10.8 Å². The van der Waals surface area contributed by atoms with Gasteiger partial charge in [-0.05, 0) is 51.0 Å². The van der Waals surface area contributed by atoms with Crippen LogP contribution in [0.5, 0.6) is 17.2 Å². The number of ether oxygens (including phenoxy) is 2. The van der Waals surface area contributed by atoms with E-state index in [9.17, 15) is 4.21 Å². The van der Waals surface area contributed by atoms with E-state index in [0.29, 0.717) is 35.8 Å². The molecule has 0 saturated heterocycles. The maximum absolute atomic E-state index is 15.5. The maximum Gasteiger partial charge on any atom is 0.181 e. The van der Waals surface area contributed by atoms with Gasteiger partial charge in [0.1, 0.15) is 18.1 Å². The Morgan fingerprint density at radius 2 is 1.82 bits per heavy atom. The topological polar surface area (TPSA) is 73.6 Å². The van der Waals surface area contributed by atoms with Gasteiger partial charge in [0, 0.05) is 17.7 Å². The van der Waals surface area contributed by atoms with Gasteiger partial charge in [-0.2, -0.15) is 0 Å². The molecular weight excluding hydrogens is 475 g/mol. The monoisotopic (exact) mass is 504 g/mol. The molecule has 0 unspecified atom stereocenters. The van der Waals surface area contributed by atoms with Crippen LogP contribution in [0, 0.1) is 5.82 Å². The molecule has 2 atom stereocenters. The Hall–Kier alpha value is -2.61. The third-order valence-corrected chi connectivity index (χ3v) is 7.02. The number of hydrogen-bond acceptors (Lipinski definition) is 4. The van der Waals surface area contributed by atoms with E-state index in [1.54, 1.807) is 30.3 Å². The highest BCUT2D eigenvalue weighted by Gasteiger charge is 2.26. The van der Waals surface area contributed by atoms with Crippen molar-refractivity contribution in [3.8, 4) is 17.2 Å². The van der Waals surface area contributed by atoms with E-state index in [1.807, 2.05) is 58.0 Å². The third-order valence-electron chi connectivity index (χ3n) is 5.11. The number of nitrogens with one attached hydrogen (secondary N) is 1. The maximum atomic E-state index is 15.5. The molecule has 5 nitrogen and oxygen atoms in total. The Kier molecular flexibility index (Phi) is 8.57. The summed E-state index contributed by atoms with van der Waals surface area (Å²) in [6.07, 6.45) is 0.527. The molecule has 3 rings (SSSR count). The molecule has 182 valence electrons. The van der Waals surface area contributed by atoms with Gasteiger partial charge in [0.05, 0.1) is 26.4 Å². The number of nitrogen functional groups attached to an aromatic ring is 1. The highest BCUT2D eigenvalue weighted by molar-refractivity contribution is 7.84. The molecule has 0 aromatic heterocycles. The van der Waals surface area contributed by atoms with Gasteiger partial charge in [-0.3, -0.25) is 0 Å². The summed E-state index contributed by atoms with van der Waals surface area (Å²) in [4.78, 5) is 0. The lowest BCUT2D eigenvalue weighted by molar-refractivity contribution is 0.306. The fourth-order valence-corrected chi connectivity index (χ4v) is 4.23. The van der Waals surface area contributed by atoms with Crippen LogP contribution in [-0.2, 0) is 17.6 Å². The molecule has 0 amide bonds. The van der Waals surface area contributed by atoms with Crippen LogP contribution in [0.1, 0.15) is 51.3 Å². The van der Waals surface area contributed by atoms with Gasteiger partial charge in [0.25, 0.3) is 0 Å². The molecule has 3 aromatic carbocycles. The lowest BCUT2D eigenvalue weighted by Crippen LogP contribution is -2.35. The molecule has 0 aliphatic carbocycles. The van der Waals surface area contributed by atoms with Crippen LogP contribution in [0.2, 0.25) is 5.02 Å². The van der Waals surface area contributed by atoms with E-state index < -0.39 is 27.6 Å². The van der Waals surface area contributed by atoms with E-state index in [1.165, 1.54) is 0 Å². The predicted octanol–water partition coefficient (Wildman–Crippen LogP) is 6.94. The molecule has 0 fully saturated rings. The lowest BCUT2D eigenvalue weighted by Gasteiger charge is -2.24. The standard InChI is InChI=1S/C26H30ClFN2O3S/c1-5-22(30-34(31)26(2,3)4)19-12-13-20(27)25(24(19)28)33-18-11-14-21(29)23(15-18)32-16-17-9-7-6-8-10-17/h6-15,22,30H,5,16,29H2,1-4H3/t22-,34-/m1/s1. The summed E-state index contributed by atoms with van der Waals surface area (Å²) in [6.45, 7) is 7.78. The second kappa shape index (κ2) is 11.2. The first-order valence-corrected chi connectivity index (χ1v) is 12.5. The summed E-state index contributed by atoms with van der Waals surface area (Å²) >= 11 is 6.29. The summed E-state index contributed by atoms with van der Waals surface area (Å²) in [5.41, 5.74) is 7.80. The van der Waals surface area contributed by atoms with Gasteiger partial charge in [-0.15, -0.1) is 0 Å². The minimum absolute atomic E-state index is 0.111. The van der Waals surface area contributed by atoms with Crippen molar-refractivity contribution in [2.45, 2.75) is 51.5 Å². The number of hydrogen-bond donors (Lipinski definition) is 2. The van der Waals surface area contributed by atoms with Crippen LogP contribution in [0.3, 0.4) is 0 Å². The van der Waals surface area contributed by atoms with Crippen LogP contribution in [-0.4, -0.2) is 8.96 Å². The zero-order chi connectivity index (χ0) is 24.9. The zero-order valence-corrected chi connectivity index (χ0v) is 21.3. The van der Waals surface area contributed by atoms with Crippen molar-refractivity contribution in [1.29, 1.82) is 0 Å². The highest BCUT2D eigenvalue weighted by Crippen LogP contribution is 2.38. The molecule has 8 heteroatoms. The van der Waals surface area contributed by atoms with Gasteiger partial charge >= 0.3 is 0 Å². The smallest absolute Gasteiger partial charge is 0.181 e. The first kappa shape index (κ1) is 26.0. The summed E-state index contributed by atoms with van der Waals surface area (Å²) in [5, 5.41) is 0.122. The SMILES string of the molecule is CC[C@@H](N[S@](=O)C(C)(C)C)c1ccc(Cl)c(Oc2ccc(N)c(OCc3ccccc3)c2)c1F. The average Bonchev–Trinajstić information content (AvgIpc) is 2.80. The molecule has 0 heterocycles. The minimum atomic E-state index is -1.37. The van der Waals surface area contributed by atoms with Gasteiger partial charge in [0.2, 0.25) is 0 Å². The Bertz CT molecular complexity index is 1150. The Morgan fingerprint density at radius 1 is 1.12 bits per heavy atom. The Labute approximate surface area is 208 Å². The Morgan fingerprint density at radius 3 is 2.47 bits per heavy atom. The molecule has 0 aliphatic heterocycles. The van der Waals surface area contributed by atoms with Gasteiger partial charge < -0.3 is 15.2 Å². The van der Waals surface area contributed by atoms with Crippen LogP contribution < -0.4 is 19.9 Å². The van der Waals surface area contributed by atoms with Crippen molar-refractivity contribution < 1.29 is 18.1 Å². The first-order chi connectivity index (χ1) is 16.1. The lowest BCUT2D eigenvalue weighted by atomic mass is 10.0. The molecule has 0 radical (unpaired) electrons. The van der Waals surface area contributed by atoms with E-state index in [4.69, 9.17) is 26.8 Å². The summed E-state index contributed by atoms with van der Waals surface area (Å²) in [6, 6.07) is 17.2. The summed E-state index contributed by atoms with van der Waals surface area (Å²) in [5.74, 6) is 0.0262. The first-order valence-electron chi connectivity index (χ1n) is 11.0. The average molecular weight is 505 g/mol. The molecule has 0 aliphatic rings. The zero-order valence-electron chi connectivity index (χ0n) is 19.7. The number of rotatable bonds is 9. The number of anilines is 1.